The van der Waals surface area contributed by atoms with Crippen LogP contribution in [0.1, 0.15) is 12.0 Å². The van der Waals surface area contributed by atoms with E-state index in [-0.39, 0.29) is 17.9 Å². The molecule has 1 aromatic carbocycles. The molecule has 0 saturated carbocycles. The van der Waals surface area contributed by atoms with Crippen LogP contribution in [0.25, 0.3) is 0 Å². The molecule has 0 aliphatic heterocycles. The minimum absolute atomic E-state index is 0.161. The van der Waals surface area contributed by atoms with Crippen molar-refractivity contribution in [3.05, 3.63) is 23.8 Å². The van der Waals surface area contributed by atoms with Crippen LogP contribution >= 0.6 is 0 Å². The maximum atomic E-state index is 10.4. The summed E-state index contributed by atoms with van der Waals surface area (Å²) in [5.74, 6) is -0.124. The molecule has 0 aromatic heterocycles. The smallest absolute Gasteiger partial charge is 0.264 e. The molecule has 16 heavy (non-hydrogen) atoms. The van der Waals surface area contributed by atoms with E-state index in [1.807, 2.05) is 0 Å². The fourth-order valence-electron chi connectivity index (χ4n) is 1.28. The fraction of sp³-hybridized carbons (Fsp3) is 0.400. The molecule has 90 valence electrons. The largest absolute Gasteiger partial charge is 0.506 e. The Morgan fingerprint density at radius 2 is 2.06 bits per heavy atom. The molecule has 0 spiro atoms. The van der Waals surface area contributed by atoms with E-state index in [2.05, 4.69) is 5.32 Å². The number of hydrogen-bond acceptors (Lipinski definition) is 4. The number of phenolic OH excluding ortho intramolecular Hbond substituents is 1. The average Bonchev–Trinajstić information content (AvgIpc) is 2.17. The number of aryl methyl sites for hydroxylation is 1. The summed E-state index contributed by atoms with van der Waals surface area (Å²) in [7, 11) is -3.90. The van der Waals surface area contributed by atoms with Crippen molar-refractivity contribution in [3.63, 3.8) is 0 Å². The minimum atomic E-state index is -3.90. The first-order valence-electron chi connectivity index (χ1n) is 4.88. The molecular weight excluding hydrogens is 230 g/mol. The predicted molar refractivity (Wildman–Crippen MR) is 62.4 cm³/mol. The Bertz CT molecular complexity index is 456. The molecule has 0 heterocycles. The average molecular weight is 245 g/mol. The SMILES string of the molecule is Cc1cccc(NCCCS(=O)(=O)O)c1O. The van der Waals surface area contributed by atoms with Crippen molar-refractivity contribution >= 4 is 15.8 Å². The second-order valence-electron chi connectivity index (χ2n) is 3.54. The molecule has 3 N–H and O–H groups in total. The zero-order chi connectivity index (χ0) is 12.2. The van der Waals surface area contributed by atoms with Crippen molar-refractivity contribution in [1.29, 1.82) is 0 Å². The third-order valence-electron chi connectivity index (χ3n) is 2.13. The lowest BCUT2D eigenvalue weighted by molar-refractivity contribution is 0.473. The van der Waals surface area contributed by atoms with Crippen molar-refractivity contribution < 1.29 is 18.1 Å². The number of anilines is 1. The van der Waals surface area contributed by atoms with Crippen LogP contribution in [0, 0.1) is 6.92 Å². The summed E-state index contributed by atoms with van der Waals surface area (Å²) in [5.41, 5.74) is 1.31. The Balaban J connectivity index is 2.47. The zero-order valence-corrected chi connectivity index (χ0v) is 9.79. The molecule has 1 aromatic rings. The van der Waals surface area contributed by atoms with Crippen LogP contribution in [-0.4, -0.2) is 30.4 Å². The predicted octanol–water partition coefficient (Wildman–Crippen LogP) is 1.39. The first-order chi connectivity index (χ1) is 7.40. The highest BCUT2D eigenvalue weighted by Crippen LogP contribution is 2.26. The van der Waals surface area contributed by atoms with Crippen LogP contribution in [0.3, 0.4) is 0 Å². The third-order valence-corrected chi connectivity index (χ3v) is 2.94. The van der Waals surface area contributed by atoms with E-state index in [9.17, 15) is 13.5 Å². The van der Waals surface area contributed by atoms with Crippen molar-refractivity contribution in [2.45, 2.75) is 13.3 Å². The van der Waals surface area contributed by atoms with Crippen LogP contribution in [-0.2, 0) is 10.1 Å². The molecule has 1 rings (SSSR count). The van der Waals surface area contributed by atoms with Gasteiger partial charge >= 0.3 is 0 Å². The van der Waals surface area contributed by atoms with Crippen LogP contribution in [0.5, 0.6) is 5.75 Å². The second kappa shape index (κ2) is 5.18. The Morgan fingerprint density at radius 1 is 1.38 bits per heavy atom. The van der Waals surface area contributed by atoms with Gasteiger partial charge in [0.2, 0.25) is 0 Å². The summed E-state index contributed by atoms with van der Waals surface area (Å²) < 4.78 is 29.4. The minimum Gasteiger partial charge on any atom is -0.506 e. The molecule has 0 aliphatic rings. The van der Waals surface area contributed by atoms with E-state index in [0.717, 1.165) is 5.56 Å². The normalized spacial score (nSPS) is 11.4. The van der Waals surface area contributed by atoms with Gasteiger partial charge in [-0.05, 0) is 25.0 Å². The first-order valence-corrected chi connectivity index (χ1v) is 6.48. The lowest BCUT2D eigenvalue weighted by Crippen LogP contribution is -2.10. The quantitative estimate of drug-likeness (QED) is 0.414. The van der Waals surface area contributed by atoms with E-state index in [1.54, 1.807) is 25.1 Å². The molecular formula is C10H15NO4S. The van der Waals surface area contributed by atoms with Crippen LogP contribution in [0.2, 0.25) is 0 Å². The van der Waals surface area contributed by atoms with Gasteiger partial charge in [0, 0.05) is 6.54 Å². The van der Waals surface area contributed by atoms with E-state index in [1.165, 1.54) is 0 Å². The van der Waals surface area contributed by atoms with Gasteiger partial charge < -0.3 is 10.4 Å². The van der Waals surface area contributed by atoms with Crippen LogP contribution in [0.15, 0.2) is 18.2 Å². The molecule has 0 amide bonds. The van der Waals surface area contributed by atoms with E-state index < -0.39 is 10.1 Å². The molecule has 0 aliphatic carbocycles. The number of hydrogen-bond donors (Lipinski definition) is 3. The lowest BCUT2D eigenvalue weighted by atomic mass is 10.2. The molecule has 0 radical (unpaired) electrons. The number of nitrogens with one attached hydrogen (secondary N) is 1. The molecule has 0 saturated heterocycles. The monoisotopic (exact) mass is 245 g/mol. The third kappa shape index (κ3) is 4.08. The summed E-state index contributed by atoms with van der Waals surface area (Å²) in [5, 5.41) is 12.5. The summed E-state index contributed by atoms with van der Waals surface area (Å²) in [6.45, 7) is 2.15. The lowest BCUT2D eigenvalue weighted by Gasteiger charge is -2.09. The summed E-state index contributed by atoms with van der Waals surface area (Å²) >= 11 is 0. The highest BCUT2D eigenvalue weighted by Gasteiger charge is 2.05. The highest BCUT2D eigenvalue weighted by molar-refractivity contribution is 7.85. The number of phenols is 1. The van der Waals surface area contributed by atoms with Gasteiger partial charge in [0.1, 0.15) is 5.75 Å². The van der Waals surface area contributed by atoms with Crippen LogP contribution < -0.4 is 5.32 Å². The van der Waals surface area contributed by atoms with E-state index in [4.69, 9.17) is 4.55 Å². The van der Waals surface area contributed by atoms with Gasteiger partial charge in [-0.15, -0.1) is 0 Å². The van der Waals surface area contributed by atoms with Crippen molar-refractivity contribution in [1.82, 2.24) is 0 Å². The summed E-state index contributed by atoms with van der Waals surface area (Å²) in [6, 6.07) is 5.27. The second-order valence-corrected chi connectivity index (χ2v) is 5.11. The van der Waals surface area contributed by atoms with Crippen molar-refractivity contribution in [2.75, 3.05) is 17.6 Å². The van der Waals surface area contributed by atoms with E-state index >= 15 is 0 Å². The van der Waals surface area contributed by atoms with Gasteiger partial charge in [-0.2, -0.15) is 8.42 Å². The maximum Gasteiger partial charge on any atom is 0.264 e. The standard InChI is InChI=1S/C10H15NO4S/c1-8-4-2-5-9(10(8)12)11-6-3-7-16(13,14)15/h2,4-5,11-12H,3,6-7H2,1H3,(H,13,14,15). The number of para-hydroxylation sites is 1. The molecule has 0 fully saturated rings. The first kappa shape index (κ1) is 12.8. The van der Waals surface area contributed by atoms with Gasteiger partial charge in [0.25, 0.3) is 10.1 Å². The number of aromatic hydroxyl groups is 1. The Kier molecular flexibility index (Phi) is 4.14. The van der Waals surface area contributed by atoms with Gasteiger partial charge in [0.15, 0.2) is 0 Å². The zero-order valence-electron chi connectivity index (χ0n) is 8.97. The highest BCUT2D eigenvalue weighted by atomic mass is 32.2. The molecule has 0 bridgehead atoms. The van der Waals surface area contributed by atoms with Crippen molar-refractivity contribution in [2.24, 2.45) is 0 Å². The number of benzene rings is 1. The Labute approximate surface area is 94.9 Å². The van der Waals surface area contributed by atoms with E-state index in [0.29, 0.717) is 12.2 Å². The van der Waals surface area contributed by atoms with Gasteiger partial charge in [0.05, 0.1) is 11.4 Å². The fourth-order valence-corrected chi connectivity index (χ4v) is 1.79. The maximum absolute atomic E-state index is 10.4. The molecule has 0 atom stereocenters. The molecule has 6 heteroatoms. The summed E-state index contributed by atoms with van der Waals surface area (Å²) in [4.78, 5) is 0. The van der Waals surface area contributed by atoms with Gasteiger partial charge in [-0.3, -0.25) is 4.55 Å². The van der Waals surface area contributed by atoms with Gasteiger partial charge in [-0.25, -0.2) is 0 Å². The topological polar surface area (TPSA) is 86.6 Å². The van der Waals surface area contributed by atoms with Crippen LogP contribution in [0.4, 0.5) is 5.69 Å². The Morgan fingerprint density at radius 3 is 2.69 bits per heavy atom. The number of rotatable bonds is 5. The molecule has 5 nitrogen and oxygen atoms in total. The van der Waals surface area contributed by atoms with Gasteiger partial charge in [-0.1, -0.05) is 12.1 Å². The molecule has 0 unspecified atom stereocenters. The van der Waals surface area contributed by atoms with Crippen molar-refractivity contribution in [3.8, 4) is 5.75 Å². The Hall–Kier alpha value is -1.27. The summed E-state index contributed by atoms with van der Waals surface area (Å²) in [6.07, 6.45) is 0.284.